The van der Waals surface area contributed by atoms with Crippen LogP contribution in [0.1, 0.15) is 11.1 Å². The Morgan fingerprint density at radius 1 is 0.781 bits per heavy atom. The summed E-state index contributed by atoms with van der Waals surface area (Å²) in [6.07, 6.45) is 1.88. The SMILES string of the molecule is COc1ccc(C=C=C(c2ccccc2Br)P(=O)(c2ccccc2)c2ccccc2)cc1. The predicted molar refractivity (Wildman–Crippen MR) is 138 cm³/mol. The van der Waals surface area contributed by atoms with Crippen LogP contribution in [0.25, 0.3) is 11.4 Å². The minimum Gasteiger partial charge on any atom is -0.497 e. The van der Waals surface area contributed by atoms with Crippen molar-refractivity contribution >= 4 is 45.1 Å². The zero-order valence-corrected chi connectivity index (χ0v) is 20.1. The van der Waals surface area contributed by atoms with Crippen LogP contribution >= 0.6 is 23.1 Å². The molecular formula is C28H22BrO2P. The molecular weight excluding hydrogens is 479 g/mol. The molecule has 4 aromatic carbocycles. The van der Waals surface area contributed by atoms with E-state index in [1.54, 1.807) is 7.11 Å². The molecule has 4 rings (SSSR count). The Labute approximate surface area is 197 Å². The quantitative estimate of drug-likeness (QED) is 0.208. The van der Waals surface area contributed by atoms with Crippen LogP contribution in [-0.2, 0) is 4.57 Å². The summed E-state index contributed by atoms with van der Waals surface area (Å²) in [5.74, 6) is 0.788. The maximum atomic E-state index is 15.0. The van der Waals surface area contributed by atoms with E-state index >= 15 is 4.57 Å². The van der Waals surface area contributed by atoms with Crippen molar-refractivity contribution in [1.82, 2.24) is 0 Å². The molecule has 0 saturated heterocycles. The Bertz CT molecular complexity index is 1260. The number of rotatable bonds is 6. The second kappa shape index (κ2) is 10.0. The van der Waals surface area contributed by atoms with E-state index in [2.05, 4.69) is 21.7 Å². The van der Waals surface area contributed by atoms with Crippen LogP contribution in [-0.4, -0.2) is 7.11 Å². The fourth-order valence-electron chi connectivity index (χ4n) is 3.53. The molecule has 0 radical (unpaired) electrons. The Morgan fingerprint density at radius 3 is 1.84 bits per heavy atom. The molecule has 0 spiro atoms. The number of hydrogen-bond acceptors (Lipinski definition) is 2. The van der Waals surface area contributed by atoms with E-state index in [0.29, 0.717) is 5.31 Å². The topological polar surface area (TPSA) is 26.3 Å². The van der Waals surface area contributed by atoms with Gasteiger partial charge in [-0.05, 0) is 29.8 Å². The molecule has 0 bridgehead atoms. The van der Waals surface area contributed by atoms with Gasteiger partial charge in [0.05, 0.1) is 12.4 Å². The van der Waals surface area contributed by atoms with Crippen molar-refractivity contribution in [2.45, 2.75) is 0 Å². The van der Waals surface area contributed by atoms with Gasteiger partial charge in [0, 0.05) is 20.6 Å². The van der Waals surface area contributed by atoms with Gasteiger partial charge in [-0.3, -0.25) is 0 Å². The zero-order chi connectivity index (χ0) is 22.4. The van der Waals surface area contributed by atoms with E-state index in [9.17, 15) is 0 Å². The van der Waals surface area contributed by atoms with Gasteiger partial charge < -0.3 is 9.30 Å². The Balaban J connectivity index is 2.02. The molecule has 0 fully saturated rings. The number of halogens is 1. The van der Waals surface area contributed by atoms with E-state index < -0.39 is 7.14 Å². The predicted octanol–water partition coefficient (Wildman–Crippen LogP) is 7.13. The molecule has 0 unspecified atom stereocenters. The first-order valence-electron chi connectivity index (χ1n) is 10.2. The molecule has 0 N–H and O–H groups in total. The van der Waals surface area contributed by atoms with Gasteiger partial charge >= 0.3 is 0 Å². The molecule has 0 saturated carbocycles. The van der Waals surface area contributed by atoms with E-state index in [4.69, 9.17) is 4.74 Å². The molecule has 0 amide bonds. The molecule has 4 aromatic rings. The fourth-order valence-corrected chi connectivity index (χ4v) is 6.94. The maximum absolute atomic E-state index is 15.0. The Kier molecular flexibility index (Phi) is 6.93. The second-order valence-corrected chi connectivity index (χ2v) is 10.7. The monoisotopic (exact) mass is 500 g/mol. The lowest BCUT2D eigenvalue weighted by Gasteiger charge is -2.22. The molecule has 0 atom stereocenters. The summed E-state index contributed by atoms with van der Waals surface area (Å²) in [6.45, 7) is 0. The minimum atomic E-state index is -3.22. The largest absolute Gasteiger partial charge is 0.497 e. The Morgan fingerprint density at radius 2 is 1.31 bits per heavy atom. The minimum absolute atomic E-state index is 0.651. The highest BCUT2D eigenvalue weighted by molar-refractivity contribution is 9.10. The van der Waals surface area contributed by atoms with Gasteiger partial charge in [0.2, 0.25) is 0 Å². The highest BCUT2D eigenvalue weighted by Crippen LogP contribution is 2.57. The molecule has 158 valence electrons. The van der Waals surface area contributed by atoms with Gasteiger partial charge in [0.1, 0.15) is 5.75 Å². The second-order valence-electron chi connectivity index (χ2n) is 7.17. The third-order valence-electron chi connectivity index (χ3n) is 5.17. The van der Waals surface area contributed by atoms with Crippen molar-refractivity contribution in [2.24, 2.45) is 0 Å². The molecule has 32 heavy (non-hydrogen) atoms. The van der Waals surface area contributed by atoms with E-state index in [0.717, 1.165) is 32.0 Å². The molecule has 0 aliphatic heterocycles. The van der Waals surface area contributed by atoms with Crippen molar-refractivity contribution in [1.29, 1.82) is 0 Å². The van der Waals surface area contributed by atoms with Crippen LogP contribution in [0.5, 0.6) is 5.75 Å². The highest BCUT2D eigenvalue weighted by atomic mass is 79.9. The number of ether oxygens (including phenoxy) is 1. The number of benzene rings is 4. The van der Waals surface area contributed by atoms with Gasteiger partial charge in [0.15, 0.2) is 7.14 Å². The normalized spacial score (nSPS) is 10.8. The summed E-state index contributed by atoms with van der Waals surface area (Å²) < 4.78 is 21.2. The first-order valence-corrected chi connectivity index (χ1v) is 12.7. The van der Waals surface area contributed by atoms with Gasteiger partial charge in [-0.25, -0.2) is 0 Å². The van der Waals surface area contributed by atoms with Gasteiger partial charge in [-0.2, -0.15) is 0 Å². The lowest BCUT2D eigenvalue weighted by molar-refractivity contribution is 0.415. The summed E-state index contributed by atoms with van der Waals surface area (Å²) in [5, 5.41) is 2.19. The van der Waals surface area contributed by atoms with Crippen molar-refractivity contribution < 1.29 is 9.30 Å². The first-order chi connectivity index (χ1) is 15.6. The molecule has 0 aliphatic rings. The van der Waals surface area contributed by atoms with Crippen LogP contribution in [0.3, 0.4) is 0 Å². The highest BCUT2D eigenvalue weighted by Gasteiger charge is 2.33. The third kappa shape index (κ3) is 4.56. The molecule has 0 aliphatic carbocycles. The van der Waals surface area contributed by atoms with Crippen LogP contribution in [0.15, 0.2) is 119 Å². The lowest BCUT2D eigenvalue weighted by atomic mass is 10.2. The summed E-state index contributed by atoms with van der Waals surface area (Å²) in [4.78, 5) is 0. The standard InChI is InChI=1S/C28H22BrO2P/c1-31-23-19-16-22(17-20-23)18-21-28(26-14-8-9-15-27(26)29)32(30,24-10-4-2-5-11-24)25-12-6-3-7-13-25/h2-20H,1H3. The van der Waals surface area contributed by atoms with Crippen LogP contribution in [0.2, 0.25) is 0 Å². The van der Waals surface area contributed by atoms with E-state index in [1.807, 2.05) is 115 Å². The van der Waals surface area contributed by atoms with Crippen LogP contribution in [0, 0.1) is 0 Å². The maximum Gasteiger partial charge on any atom is 0.179 e. The zero-order valence-electron chi connectivity index (χ0n) is 17.6. The molecule has 0 aromatic heterocycles. The lowest BCUT2D eigenvalue weighted by Crippen LogP contribution is -2.17. The molecule has 2 nitrogen and oxygen atoms in total. The first kappa shape index (κ1) is 22.1. The summed E-state index contributed by atoms with van der Waals surface area (Å²) in [5.41, 5.74) is 5.23. The van der Waals surface area contributed by atoms with Crippen molar-refractivity contribution in [3.05, 3.63) is 131 Å². The van der Waals surface area contributed by atoms with Crippen LogP contribution < -0.4 is 15.3 Å². The van der Waals surface area contributed by atoms with Crippen molar-refractivity contribution in [3.63, 3.8) is 0 Å². The summed E-state index contributed by atoms with van der Waals surface area (Å²) in [7, 11) is -1.57. The van der Waals surface area contributed by atoms with Gasteiger partial charge in [-0.1, -0.05) is 107 Å². The summed E-state index contributed by atoms with van der Waals surface area (Å²) in [6, 6.07) is 34.9. The number of hydrogen-bond donors (Lipinski definition) is 0. The van der Waals surface area contributed by atoms with Crippen LogP contribution in [0.4, 0.5) is 0 Å². The third-order valence-corrected chi connectivity index (χ3v) is 8.92. The fraction of sp³-hybridized carbons (Fsp3) is 0.0357. The van der Waals surface area contributed by atoms with Gasteiger partial charge in [-0.15, -0.1) is 5.73 Å². The average Bonchev–Trinajstić information content (AvgIpc) is 2.86. The smallest absolute Gasteiger partial charge is 0.179 e. The Hall–Kier alpha value is -3.09. The molecule has 0 heterocycles. The van der Waals surface area contributed by atoms with E-state index in [-0.39, 0.29) is 0 Å². The van der Waals surface area contributed by atoms with Gasteiger partial charge in [0.25, 0.3) is 0 Å². The molecule has 4 heteroatoms. The number of methoxy groups -OCH3 is 1. The average molecular weight is 501 g/mol. The van der Waals surface area contributed by atoms with Crippen molar-refractivity contribution in [3.8, 4) is 5.75 Å². The van der Waals surface area contributed by atoms with E-state index in [1.165, 1.54) is 0 Å². The summed E-state index contributed by atoms with van der Waals surface area (Å²) >= 11 is 3.67. The van der Waals surface area contributed by atoms with Crippen molar-refractivity contribution in [2.75, 3.05) is 7.11 Å².